The molecule has 138 valence electrons. The van der Waals surface area contributed by atoms with Crippen LogP contribution in [0.3, 0.4) is 0 Å². The molecule has 3 rings (SSSR count). The van der Waals surface area contributed by atoms with E-state index in [2.05, 4.69) is 34.0 Å². The summed E-state index contributed by atoms with van der Waals surface area (Å²) in [6.07, 6.45) is 5.51. The average Bonchev–Trinajstić information content (AvgIpc) is 2.65. The molecule has 3 heterocycles. The Morgan fingerprint density at radius 3 is 2.65 bits per heavy atom. The number of anilines is 1. The predicted molar refractivity (Wildman–Crippen MR) is 101 cm³/mol. The van der Waals surface area contributed by atoms with Crippen molar-refractivity contribution in [1.82, 2.24) is 15.3 Å². The first kappa shape index (κ1) is 18.3. The highest BCUT2D eigenvalue weighted by Crippen LogP contribution is 2.18. The third-order valence-corrected chi connectivity index (χ3v) is 4.38. The van der Waals surface area contributed by atoms with Crippen molar-refractivity contribution in [3.63, 3.8) is 0 Å². The second-order valence-electron chi connectivity index (χ2n) is 6.75. The number of amides is 1. The highest BCUT2D eigenvalue weighted by atomic mass is 16.5. The average molecular weight is 354 g/mol. The number of nitrogens with zero attached hydrogens (tertiary/aromatic N) is 3. The Morgan fingerprint density at radius 1 is 1.19 bits per heavy atom. The van der Waals surface area contributed by atoms with Gasteiger partial charge in [-0.15, -0.1) is 0 Å². The fourth-order valence-electron chi connectivity index (χ4n) is 3.19. The first-order valence-corrected chi connectivity index (χ1v) is 9.16. The minimum absolute atomic E-state index is 0.0891. The number of pyridine rings is 2. The maximum absolute atomic E-state index is 12.2. The summed E-state index contributed by atoms with van der Waals surface area (Å²) in [5, 5.41) is 2.94. The fraction of sp³-hybridized carbons (Fsp3) is 0.450. The second kappa shape index (κ2) is 8.76. The van der Waals surface area contributed by atoms with Crippen molar-refractivity contribution in [2.75, 3.05) is 24.5 Å². The number of carbonyl (C=O) groups excluding carboxylic acids is 1. The van der Waals surface area contributed by atoms with Gasteiger partial charge in [-0.25, -0.2) is 4.98 Å². The van der Waals surface area contributed by atoms with Gasteiger partial charge in [0.1, 0.15) is 5.82 Å². The van der Waals surface area contributed by atoms with Crippen molar-refractivity contribution < 1.29 is 9.53 Å². The van der Waals surface area contributed by atoms with Crippen molar-refractivity contribution in [1.29, 1.82) is 0 Å². The lowest BCUT2D eigenvalue weighted by molar-refractivity contribution is -0.00546. The molecule has 1 aliphatic rings. The van der Waals surface area contributed by atoms with E-state index in [0.717, 1.165) is 37.4 Å². The summed E-state index contributed by atoms with van der Waals surface area (Å²) in [5.41, 5.74) is 1.63. The van der Waals surface area contributed by atoms with Crippen LogP contribution in [0.15, 0.2) is 42.7 Å². The van der Waals surface area contributed by atoms with E-state index in [4.69, 9.17) is 4.74 Å². The number of carbonyl (C=O) groups is 1. The first-order valence-electron chi connectivity index (χ1n) is 9.16. The van der Waals surface area contributed by atoms with Crippen molar-refractivity contribution in [2.45, 2.75) is 38.9 Å². The topological polar surface area (TPSA) is 67.4 Å². The van der Waals surface area contributed by atoms with E-state index in [1.165, 1.54) is 0 Å². The standard InChI is InChI=1S/C20H26N4O2/c1-15-13-24(14-16(2)26-15)19-9-8-17(12-23-19)20(25)22-11-5-7-18-6-3-4-10-21-18/h3-4,6,8-10,12,15-16H,5,7,11,13-14H2,1-2H3,(H,22,25)/t15-,16+. The minimum Gasteiger partial charge on any atom is -0.372 e. The van der Waals surface area contributed by atoms with Gasteiger partial charge in [-0.3, -0.25) is 9.78 Å². The molecular formula is C20H26N4O2. The van der Waals surface area contributed by atoms with E-state index >= 15 is 0 Å². The predicted octanol–water partition coefficient (Wildman–Crippen LogP) is 2.45. The van der Waals surface area contributed by atoms with E-state index in [9.17, 15) is 4.79 Å². The molecule has 1 N–H and O–H groups in total. The molecular weight excluding hydrogens is 328 g/mol. The lowest BCUT2D eigenvalue weighted by Crippen LogP contribution is -2.45. The summed E-state index contributed by atoms with van der Waals surface area (Å²) >= 11 is 0. The lowest BCUT2D eigenvalue weighted by atomic mass is 10.2. The minimum atomic E-state index is -0.0891. The normalized spacial score (nSPS) is 20.0. The van der Waals surface area contributed by atoms with Gasteiger partial charge < -0.3 is 15.0 Å². The van der Waals surface area contributed by atoms with Crippen LogP contribution in [-0.4, -0.2) is 47.7 Å². The Balaban J connectivity index is 1.47. The Kier molecular flexibility index (Phi) is 6.17. The van der Waals surface area contributed by atoms with Crippen LogP contribution in [-0.2, 0) is 11.2 Å². The molecule has 1 fully saturated rings. The SMILES string of the molecule is C[C@@H]1CN(c2ccc(C(=O)NCCCc3ccccn3)cn2)C[C@H](C)O1. The monoisotopic (exact) mass is 354 g/mol. The highest BCUT2D eigenvalue weighted by molar-refractivity contribution is 5.94. The zero-order chi connectivity index (χ0) is 18.4. The maximum atomic E-state index is 12.2. The zero-order valence-electron chi connectivity index (χ0n) is 15.4. The quantitative estimate of drug-likeness (QED) is 0.807. The van der Waals surface area contributed by atoms with E-state index in [1.807, 2.05) is 30.3 Å². The molecule has 1 amide bonds. The van der Waals surface area contributed by atoms with Gasteiger partial charge >= 0.3 is 0 Å². The van der Waals surface area contributed by atoms with Gasteiger partial charge in [0, 0.05) is 37.7 Å². The molecule has 26 heavy (non-hydrogen) atoms. The number of aryl methyl sites for hydroxylation is 1. The Bertz CT molecular complexity index is 696. The summed E-state index contributed by atoms with van der Waals surface area (Å²) in [6.45, 7) is 6.38. The molecule has 0 radical (unpaired) electrons. The number of nitrogens with one attached hydrogen (secondary N) is 1. The van der Waals surface area contributed by atoms with E-state index < -0.39 is 0 Å². The lowest BCUT2D eigenvalue weighted by Gasteiger charge is -2.36. The molecule has 6 heteroatoms. The van der Waals surface area contributed by atoms with Crippen LogP contribution in [0.25, 0.3) is 0 Å². The molecule has 0 saturated carbocycles. The van der Waals surface area contributed by atoms with Gasteiger partial charge in [-0.05, 0) is 51.0 Å². The molecule has 0 aromatic carbocycles. The van der Waals surface area contributed by atoms with Gasteiger partial charge in [-0.1, -0.05) is 6.07 Å². The number of rotatable bonds is 6. The van der Waals surface area contributed by atoms with Crippen molar-refractivity contribution in [3.05, 3.63) is 54.0 Å². The highest BCUT2D eigenvalue weighted by Gasteiger charge is 2.23. The first-order chi connectivity index (χ1) is 12.6. The van der Waals surface area contributed by atoms with Crippen molar-refractivity contribution in [3.8, 4) is 0 Å². The summed E-state index contributed by atoms with van der Waals surface area (Å²) in [4.78, 5) is 23.2. The fourth-order valence-corrected chi connectivity index (χ4v) is 3.19. The molecule has 6 nitrogen and oxygen atoms in total. The number of ether oxygens (including phenoxy) is 1. The number of morpholine rings is 1. The van der Waals surface area contributed by atoms with Gasteiger partial charge in [0.2, 0.25) is 0 Å². The third-order valence-electron chi connectivity index (χ3n) is 4.38. The summed E-state index contributed by atoms with van der Waals surface area (Å²) in [7, 11) is 0. The van der Waals surface area contributed by atoms with E-state index in [1.54, 1.807) is 12.4 Å². The second-order valence-corrected chi connectivity index (χ2v) is 6.75. The van der Waals surface area contributed by atoms with Crippen LogP contribution in [0.4, 0.5) is 5.82 Å². The van der Waals surface area contributed by atoms with Crippen LogP contribution < -0.4 is 10.2 Å². The largest absolute Gasteiger partial charge is 0.372 e. The van der Waals surface area contributed by atoms with Crippen molar-refractivity contribution >= 4 is 11.7 Å². The molecule has 2 aromatic heterocycles. The van der Waals surface area contributed by atoms with Crippen LogP contribution in [0.1, 0.15) is 36.3 Å². The molecule has 0 unspecified atom stereocenters. The molecule has 1 saturated heterocycles. The molecule has 0 aliphatic carbocycles. The zero-order valence-corrected chi connectivity index (χ0v) is 15.4. The molecule has 2 atom stereocenters. The van der Waals surface area contributed by atoms with Gasteiger partial charge in [-0.2, -0.15) is 0 Å². The summed E-state index contributed by atoms with van der Waals surface area (Å²) in [6, 6.07) is 9.62. The number of hydrogen-bond acceptors (Lipinski definition) is 5. The Labute approximate surface area is 154 Å². The number of hydrogen-bond donors (Lipinski definition) is 1. The van der Waals surface area contributed by atoms with Gasteiger partial charge in [0.25, 0.3) is 5.91 Å². The summed E-state index contributed by atoms with van der Waals surface area (Å²) in [5.74, 6) is 0.799. The van der Waals surface area contributed by atoms with E-state index in [-0.39, 0.29) is 18.1 Å². The molecule has 1 aliphatic heterocycles. The molecule has 0 bridgehead atoms. The Morgan fingerprint density at radius 2 is 2.00 bits per heavy atom. The smallest absolute Gasteiger partial charge is 0.252 e. The van der Waals surface area contributed by atoms with Crippen LogP contribution in [0, 0.1) is 0 Å². The van der Waals surface area contributed by atoms with Gasteiger partial charge in [0.15, 0.2) is 0 Å². The van der Waals surface area contributed by atoms with E-state index in [0.29, 0.717) is 12.1 Å². The molecule has 2 aromatic rings. The maximum Gasteiger partial charge on any atom is 0.252 e. The number of aromatic nitrogens is 2. The Hall–Kier alpha value is -2.47. The van der Waals surface area contributed by atoms with Crippen LogP contribution >= 0.6 is 0 Å². The van der Waals surface area contributed by atoms with Crippen LogP contribution in [0.5, 0.6) is 0 Å². The summed E-state index contributed by atoms with van der Waals surface area (Å²) < 4.78 is 5.75. The van der Waals surface area contributed by atoms with Crippen molar-refractivity contribution in [2.24, 2.45) is 0 Å². The third kappa shape index (κ3) is 5.02. The van der Waals surface area contributed by atoms with Gasteiger partial charge in [0.05, 0.1) is 17.8 Å². The molecule has 0 spiro atoms. The van der Waals surface area contributed by atoms with Crippen LogP contribution in [0.2, 0.25) is 0 Å².